The minimum absolute atomic E-state index is 0.0789. The molecule has 2 rings (SSSR count). The van der Waals surface area contributed by atoms with E-state index in [9.17, 15) is 4.39 Å². The molecule has 3 heteroatoms. The Hall–Kier alpha value is -1.19. The van der Waals surface area contributed by atoms with Gasteiger partial charge in [-0.05, 0) is 78.5 Å². The van der Waals surface area contributed by atoms with Gasteiger partial charge >= 0.3 is 0 Å². The van der Waals surface area contributed by atoms with Crippen LogP contribution in [0.1, 0.15) is 33.9 Å². The van der Waals surface area contributed by atoms with Gasteiger partial charge in [-0.2, -0.15) is 0 Å². The van der Waals surface area contributed by atoms with Crippen LogP contribution < -0.4 is 5.32 Å². The van der Waals surface area contributed by atoms with Gasteiger partial charge < -0.3 is 5.32 Å². The van der Waals surface area contributed by atoms with Crippen LogP contribution in [0, 0.1) is 26.6 Å². The van der Waals surface area contributed by atoms with Crippen LogP contribution in [-0.2, 0) is 6.42 Å². The lowest BCUT2D eigenvalue weighted by atomic mass is 9.91. The zero-order valence-electron chi connectivity index (χ0n) is 12.9. The minimum atomic E-state index is -0.217. The van der Waals surface area contributed by atoms with Crippen LogP contribution >= 0.6 is 15.9 Å². The van der Waals surface area contributed by atoms with Crippen molar-refractivity contribution in [2.24, 2.45) is 0 Å². The number of hydrogen-bond acceptors (Lipinski definition) is 1. The number of likely N-dealkylation sites (N-methyl/N-ethyl adjacent to an activating group) is 1. The molecule has 0 radical (unpaired) electrons. The van der Waals surface area contributed by atoms with Gasteiger partial charge in [0.25, 0.3) is 0 Å². The second kappa shape index (κ2) is 6.71. The summed E-state index contributed by atoms with van der Waals surface area (Å²) in [5.74, 6) is -0.217. The monoisotopic (exact) mass is 349 g/mol. The van der Waals surface area contributed by atoms with Gasteiger partial charge in [0.05, 0.1) is 4.47 Å². The molecular formula is C18H21BrFN. The summed E-state index contributed by atoms with van der Waals surface area (Å²) in [5, 5.41) is 3.31. The highest BCUT2D eigenvalue weighted by Gasteiger charge is 2.17. The maximum Gasteiger partial charge on any atom is 0.137 e. The molecule has 0 aromatic heterocycles. The quantitative estimate of drug-likeness (QED) is 0.817. The fourth-order valence-electron chi connectivity index (χ4n) is 2.89. The molecule has 0 heterocycles. The lowest BCUT2D eigenvalue weighted by Gasteiger charge is -2.21. The first-order valence-corrected chi connectivity index (χ1v) is 7.91. The molecule has 0 aliphatic carbocycles. The van der Waals surface area contributed by atoms with Crippen molar-refractivity contribution in [2.45, 2.75) is 33.2 Å². The van der Waals surface area contributed by atoms with Crippen LogP contribution in [0.3, 0.4) is 0 Å². The Morgan fingerprint density at radius 1 is 1.14 bits per heavy atom. The van der Waals surface area contributed by atoms with E-state index >= 15 is 0 Å². The predicted octanol–water partition coefficient (Wildman–Crippen LogP) is 5.02. The number of halogens is 2. The van der Waals surface area contributed by atoms with Crippen molar-refractivity contribution in [3.63, 3.8) is 0 Å². The fourth-order valence-corrected chi connectivity index (χ4v) is 3.43. The summed E-state index contributed by atoms with van der Waals surface area (Å²) in [4.78, 5) is 0. The highest BCUT2D eigenvalue weighted by atomic mass is 79.9. The Balaban J connectivity index is 2.38. The van der Waals surface area contributed by atoms with E-state index in [2.05, 4.69) is 54.2 Å². The van der Waals surface area contributed by atoms with E-state index in [0.717, 1.165) is 12.0 Å². The summed E-state index contributed by atoms with van der Waals surface area (Å²) >= 11 is 3.37. The average molecular weight is 350 g/mol. The SMILES string of the molecule is CNC(Cc1c(C)cc(C)cc1C)c1cccc(F)c1Br. The van der Waals surface area contributed by atoms with E-state index in [1.54, 1.807) is 6.07 Å². The van der Waals surface area contributed by atoms with Crippen LogP contribution in [0.25, 0.3) is 0 Å². The molecule has 0 saturated heterocycles. The summed E-state index contributed by atoms with van der Waals surface area (Å²) in [6.07, 6.45) is 0.844. The highest BCUT2D eigenvalue weighted by molar-refractivity contribution is 9.10. The van der Waals surface area contributed by atoms with E-state index in [1.165, 1.54) is 28.3 Å². The van der Waals surface area contributed by atoms with Gasteiger partial charge in [-0.3, -0.25) is 0 Å². The second-order valence-electron chi connectivity index (χ2n) is 5.57. The largest absolute Gasteiger partial charge is 0.313 e. The zero-order valence-corrected chi connectivity index (χ0v) is 14.5. The molecular weight excluding hydrogens is 329 g/mol. The lowest BCUT2D eigenvalue weighted by molar-refractivity contribution is 0.569. The molecule has 2 aromatic rings. The third-order valence-corrected chi connectivity index (χ3v) is 4.79. The van der Waals surface area contributed by atoms with Crippen LogP contribution in [-0.4, -0.2) is 7.05 Å². The van der Waals surface area contributed by atoms with Crippen molar-refractivity contribution in [3.8, 4) is 0 Å². The molecule has 112 valence electrons. The fraction of sp³-hybridized carbons (Fsp3) is 0.333. The first kappa shape index (κ1) is 16.2. The molecule has 1 unspecified atom stereocenters. The predicted molar refractivity (Wildman–Crippen MR) is 90.3 cm³/mol. The summed E-state index contributed by atoms with van der Waals surface area (Å²) in [7, 11) is 1.92. The average Bonchev–Trinajstić information content (AvgIpc) is 2.42. The topological polar surface area (TPSA) is 12.0 Å². The van der Waals surface area contributed by atoms with Crippen molar-refractivity contribution in [1.82, 2.24) is 5.32 Å². The van der Waals surface area contributed by atoms with E-state index in [4.69, 9.17) is 0 Å². The summed E-state index contributed by atoms with van der Waals surface area (Å²) in [6, 6.07) is 9.69. The molecule has 0 amide bonds. The standard InChI is InChI=1S/C18H21BrFN/c1-11-8-12(2)15(13(3)9-11)10-17(21-4)14-6-5-7-16(20)18(14)19/h5-9,17,21H,10H2,1-4H3. The Labute approximate surface area is 134 Å². The maximum absolute atomic E-state index is 13.8. The second-order valence-corrected chi connectivity index (χ2v) is 6.36. The molecule has 0 aliphatic heterocycles. The lowest BCUT2D eigenvalue weighted by Crippen LogP contribution is -2.20. The Morgan fingerprint density at radius 2 is 1.76 bits per heavy atom. The summed E-state index contributed by atoms with van der Waals surface area (Å²) in [6.45, 7) is 6.40. The van der Waals surface area contributed by atoms with Gasteiger partial charge in [-0.1, -0.05) is 29.8 Å². The summed E-state index contributed by atoms with van der Waals surface area (Å²) in [5.41, 5.74) is 6.15. The molecule has 0 aliphatic rings. The normalized spacial score (nSPS) is 12.5. The molecule has 2 aromatic carbocycles. The van der Waals surface area contributed by atoms with Crippen molar-refractivity contribution in [3.05, 3.63) is 68.4 Å². The summed E-state index contributed by atoms with van der Waals surface area (Å²) < 4.78 is 14.3. The number of hydrogen-bond donors (Lipinski definition) is 1. The van der Waals surface area contributed by atoms with Gasteiger partial charge in [0, 0.05) is 6.04 Å². The first-order chi connectivity index (χ1) is 9.93. The van der Waals surface area contributed by atoms with E-state index in [1.807, 2.05) is 13.1 Å². The van der Waals surface area contributed by atoms with Crippen molar-refractivity contribution in [2.75, 3.05) is 7.05 Å². The van der Waals surface area contributed by atoms with Gasteiger partial charge in [0.2, 0.25) is 0 Å². The molecule has 0 fully saturated rings. The van der Waals surface area contributed by atoms with Gasteiger partial charge in [-0.15, -0.1) is 0 Å². The number of rotatable bonds is 4. The Morgan fingerprint density at radius 3 is 2.33 bits per heavy atom. The van der Waals surface area contributed by atoms with Gasteiger partial charge in [0.1, 0.15) is 5.82 Å². The minimum Gasteiger partial charge on any atom is -0.313 e. The first-order valence-electron chi connectivity index (χ1n) is 7.12. The number of nitrogens with one attached hydrogen (secondary N) is 1. The molecule has 0 spiro atoms. The third kappa shape index (κ3) is 3.53. The molecule has 0 saturated carbocycles. The van der Waals surface area contributed by atoms with E-state index in [-0.39, 0.29) is 11.9 Å². The van der Waals surface area contributed by atoms with Gasteiger partial charge in [-0.25, -0.2) is 4.39 Å². The van der Waals surface area contributed by atoms with Gasteiger partial charge in [0.15, 0.2) is 0 Å². The molecule has 21 heavy (non-hydrogen) atoms. The smallest absolute Gasteiger partial charge is 0.137 e. The molecule has 1 N–H and O–H groups in total. The van der Waals surface area contributed by atoms with Crippen molar-refractivity contribution >= 4 is 15.9 Å². The van der Waals surface area contributed by atoms with Crippen LogP contribution in [0.5, 0.6) is 0 Å². The Kier molecular flexibility index (Phi) is 5.17. The molecule has 1 atom stereocenters. The molecule has 0 bridgehead atoms. The number of aryl methyl sites for hydroxylation is 3. The van der Waals surface area contributed by atoms with E-state index in [0.29, 0.717) is 4.47 Å². The van der Waals surface area contributed by atoms with Crippen LogP contribution in [0.4, 0.5) is 4.39 Å². The number of benzene rings is 2. The van der Waals surface area contributed by atoms with E-state index < -0.39 is 0 Å². The van der Waals surface area contributed by atoms with Crippen molar-refractivity contribution < 1.29 is 4.39 Å². The highest BCUT2D eigenvalue weighted by Crippen LogP contribution is 2.30. The zero-order chi connectivity index (χ0) is 15.6. The third-order valence-electron chi connectivity index (χ3n) is 3.95. The Bertz CT molecular complexity index is 629. The maximum atomic E-state index is 13.8. The van der Waals surface area contributed by atoms with Crippen LogP contribution in [0.15, 0.2) is 34.8 Å². The van der Waals surface area contributed by atoms with Crippen molar-refractivity contribution in [1.29, 1.82) is 0 Å². The van der Waals surface area contributed by atoms with Crippen LogP contribution in [0.2, 0.25) is 0 Å². The molecule has 1 nitrogen and oxygen atoms in total.